The van der Waals surface area contributed by atoms with Crippen LogP contribution in [0.2, 0.25) is 0 Å². The monoisotopic (exact) mass is 276 g/mol. The fraction of sp³-hybridized carbons (Fsp3) is 0.500. The zero-order chi connectivity index (χ0) is 13.8. The zero-order valence-electron chi connectivity index (χ0n) is 12.0. The van der Waals surface area contributed by atoms with E-state index in [4.69, 9.17) is 0 Å². The van der Waals surface area contributed by atoms with Crippen LogP contribution in [-0.2, 0) is 12.8 Å². The molecule has 0 radical (unpaired) electrons. The summed E-state index contributed by atoms with van der Waals surface area (Å²) in [7, 11) is 2.07. The van der Waals surface area contributed by atoms with Crippen molar-refractivity contribution in [1.82, 2.24) is 15.0 Å². The molecular formula is C14H20N4S. The lowest BCUT2D eigenvalue weighted by Crippen LogP contribution is -2.22. The molecule has 0 aliphatic rings. The summed E-state index contributed by atoms with van der Waals surface area (Å²) in [5.41, 5.74) is 1.10. The first-order valence-electron chi connectivity index (χ1n) is 6.55. The fourth-order valence-electron chi connectivity index (χ4n) is 1.88. The summed E-state index contributed by atoms with van der Waals surface area (Å²) in [4.78, 5) is 16.7. The van der Waals surface area contributed by atoms with Crippen molar-refractivity contribution in [2.45, 2.75) is 33.6 Å². The van der Waals surface area contributed by atoms with E-state index in [9.17, 15) is 0 Å². The van der Waals surface area contributed by atoms with Crippen molar-refractivity contribution in [1.29, 1.82) is 0 Å². The van der Waals surface area contributed by atoms with Gasteiger partial charge < -0.3 is 4.90 Å². The Bertz CT molecular complexity index is 550. The van der Waals surface area contributed by atoms with Crippen molar-refractivity contribution in [3.8, 4) is 0 Å². The van der Waals surface area contributed by atoms with Crippen LogP contribution < -0.4 is 4.90 Å². The first-order chi connectivity index (χ1) is 9.08. The second-order valence-electron chi connectivity index (χ2n) is 4.65. The van der Waals surface area contributed by atoms with E-state index in [1.165, 1.54) is 9.88 Å². The summed E-state index contributed by atoms with van der Waals surface area (Å²) in [6.45, 7) is 7.07. The summed E-state index contributed by atoms with van der Waals surface area (Å²) < 4.78 is 0. The van der Waals surface area contributed by atoms with Gasteiger partial charge in [-0.1, -0.05) is 6.92 Å². The molecule has 0 N–H and O–H groups in total. The molecule has 4 nitrogen and oxygen atoms in total. The lowest BCUT2D eigenvalue weighted by Gasteiger charge is -2.18. The van der Waals surface area contributed by atoms with E-state index >= 15 is 0 Å². The molecule has 0 spiro atoms. The second-order valence-corrected chi connectivity index (χ2v) is 5.97. The number of hydrogen-bond donors (Lipinski definition) is 0. The highest BCUT2D eigenvalue weighted by molar-refractivity contribution is 7.11. The van der Waals surface area contributed by atoms with Gasteiger partial charge in [-0.05, 0) is 20.3 Å². The molecule has 0 amide bonds. The van der Waals surface area contributed by atoms with Crippen LogP contribution in [0, 0.1) is 13.8 Å². The minimum absolute atomic E-state index is 0.839. The van der Waals surface area contributed by atoms with Crippen LogP contribution in [0.25, 0.3) is 0 Å². The summed E-state index contributed by atoms with van der Waals surface area (Å²) in [6.07, 6.45) is 3.83. The Morgan fingerprint density at radius 3 is 2.68 bits per heavy atom. The zero-order valence-corrected chi connectivity index (χ0v) is 12.8. The molecule has 2 heterocycles. The van der Waals surface area contributed by atoms with Crippen molar-refractivity contribution in [3.05, 3.63) is 33.7 Å². The van der Waals surface area contributed by atoms with Gasteiger partial charge in [0.05, 0.1) is 5.01 Å². The predicted molar refractivity (Wildman–Crippen MR) is 80.0 cm³/mol. The highest BCUT2D eigenvalue weighted by atomic mass is 32.1. The van der Waals surface area contributed by atoms with E-state index in [1.54, 1.807) is 11.3 Å². The van der Waals surface area contributed by atoms with Crippen LogP contribution in [0.4, 0.5) is 5.82 Å². The SMILES string of the molecule is CCc1cc(N(C)CCc2ncc(C)s2)nc(C)n1. The number of rotatable bonds is 5. The summed E-state index contributed by atoms with van der Waals surface area (Å²) >= 11 is 1.77. The van der Waals surface area contributed by atoms with Gasteiger partial charge in [-0.3, -0.25) is 0 Å². The average molecular weight is 276 g/mol. The maximum atomic E-state index is 4.50. The quantitative estimate of drug-likeness (QED) is 0.842. The maximum absolute atomic E-state index is 4.50. The molecule has 102 valence electrons. The number of likely N-dealkylation sites (N-methyl/N-ethyl adjacent to an activating group) is 1. The maximum Gasteiger partial charge on any atom is 0.132 e. The number of thiazole rings is 1. The number of aryl methyl sites for hydroxylation is 3. The van der Waals surface area contributed by atoms with Gasteiger partial charge in [0.15, 0.2) is 0 Å². The largest absolute Gasteiger partial charge is 0.359 e. The Balaban J connectivity index is 2.03. The number of hydrogen-bond acceptors (Lipinski definition) is 5. The highest BCUT2D eigenvalue weighted by Gasteiger charge is 2.07. The second kappa shape index (κ2) is 6.10. The van der Waals surface area contributed by atoms with Gasteiger partial charge >= 0.3 is 0 Å². The molecular weight excluding hydrogens is 256 g/mol. The number of nitrogens with zero attached hydrogens (tertiary/aromatic N) is 4. The van der Waals surface area contributed by atoms with Crippen LogP contribution in [0.1, 0.15) is 28.3 Å². The molecule has 0 aliphatic heterocycles. The van der Waals surface area contributed by atoms with E-state index in [2.05, 4.69) is 46.8 Å². The Hall–Kier alpha value is -1.49. The molecule has 0 bridgehead atoms. The van der Waals surface area contributed by atoms with E-state index in [0.29, 0.717) is 0 Å². The normalized spacial score (nSPS) is 10.7. The Kier molecular flexibility index (Phi) is 4.47. The summed E-state index contributed by atoms with van der Waals surface area (Å²) in [5.74, 6) is 1.84. The van der Waals surface area contributed by atoms with Gasteiger partial charge in [-0.2, -0.15) is 0 Å². The van der Waals surface area contributed by atoms with Gasteiger partial charge in [0.1, 0.15) is 11.6 Å². The van der Waals surface area contributed by atoms with Crippen LogP contribution in [-0.4, -0.2) is 28.5 Å². The van der Waals surface area contributed by atoms with E-state index in [-0.39, 0.29) is 0 Å². The summed E-state index contributed by atoms with van der Waals surface area (Å²) in [6, 6.07) is 2.07. The third-order valence-corrected chi connectivity index (χ3v) is 3.93. The molecule has 0 aliphatic carbocycles. The first kappa shape index (κ1) is 13.9. The van der Waals surface area contributed by atoms with Crippen molar-refractivity contribution in [2.75, 3.05) is 18.5 Å². The molecule has 2 rings (SSSR count). The lowest BCUT2D eigenvalue weighted by atomic mass is 10.3. The molecule has 0 fully saturated rings. The Morgan fingerprint density at radius 2 is 2.05 bits per heavy atom. The molecule has 0 saturated carbocycles. The van der Waals surface area contributed by atoms with E-state index in [0.717, 1.165) is 36.7 Å². The standard InChI is InChI=1S/C14H20N4S/c1-5-12-8-13(17-11(3)16-12)18(4)7-6-14-15-9-10(2)19-14/h8-9H,5-7H2,1-4H3. The molecule has 0 unspecified atom stereocenters. The number of aromatic nitrogens is 3. The molecule has 5 heteroatoms. The van der Waals surface area contributed by atoms with Gasteiger partial charge in [-0.15, -0.1) is 11.3 Å². The molecule has 2 aromatic rings. The lowest BCUT2D eigenvalue weighted by molar-refractivity contribution is 0.834. The van der Waals surface area contributed by atoms with Crippen LogP contribution in [0.5, 0.6) is 0 Å². The van der Waals surface area contributed by atoms with Crippen molar-refractivity contribution in [2.24, 2.45) is 0 Å². The molecule has 0 atom stereocenters. The van der Waals surface area contributed by atoms with Gasteiger partial charge in [0.2, 0.25) is 0 Å². The van der Waals surface area contributed by atoms with E-state index < -0.39 is 0 Å². The third-order valence-electron chi connectivity index (χ3n) is 2.96. The number of anilines is 1. The van der Waals surface area contributed by atoms with Crippen LogP contribution >= 0.6 is 11.3 Å². The minimum Gasteiger partial charge on any atom is -0.359 e. The molecule has 2 aromatic heterocycles. The van der Waals surface area contributed by atoms with Gasteiger partial charge in [0, 0.05) is 42.8 Å². The van der Waals surface area contributed by atoms with Gasteiger partial charge in [0.25, 0.3) is 0 Å². The highest BCUT2D eigenvalue weighted by Crippen LogP contribution is 2.15. The fourth-order valence-corrected chi connectivity index (χ4v) is 2.66. The van der Waals surface area contributed by atoms with Crippen LogP contribution in [0.15, 0.2) is 12.3 Å². The van der Waals surface area contributed by atoms with Crippen molar-refractivity contribution >= 4 is 17.2 Å². The smallest absolute Gasteiger partial charge is 0.132 e. The molecule has 19 heavy (non-hydrogen) atoms. The topological polar surface area (TPSA) is 41.9 Å². The third kappa shape index (κ3) is 3.73. The average Bonchev–Trinajstić information content (AvgIpc) is 2.81. The Labute approximate surface area is 118 Å². The summed E-state index contributed by atoms with van der Waals surface area (Å²) in [5, 5.41) is 1.19. The van der Waals surface area contributed by atoms with Crippen molar-refractivity contribution < 1.29 is 0 Å². The minimum atomic E-state index is 0.839. The van der Waals surface area contributed by atoms with Gasteiger partial charge in [-0.25, -0.2) is 15.0 Å². The molecule has 0 saturated heterocycles. The van der Waals surface area contributed by atoms with Crippen LogP contribution in [0.3, 0.4) is 0 Å². The first-order valence-corrected chi connectivity index (χ1v) is 7.37. The molecule has 0 aromatic carbocycles. The Morgan fingerprint density at radius 1 is 1.26 bits per heavy atom. The van der Waals surface area contributed by atoms with Crippen molar-refractivity contribution in [3.63, 3.8) is 0 Å². The van der Waals surface area contributed by atoms with E-state index in [1.807, 2.05) is 13.1 Å². The predicted octanol–water partition coefficient (Wildman–Crippen LogP) is 2.79.